The number of rotatable bonds is 3. The van der Waals surface area contributed by atoms with Crippen molar-refractivity contribution in [1.29, 1.82) is 0 Å². The Balaban J connectivity index is 2.11. The lowest BCUT2D eigenvalue weighted by atomic mass is 10.2. The highest BCUT2D eigenvalue weighted by atomic mass is 19.4. The van der Waals surface area contributed by atoms with Crippen LogP contribution in [0.5, 0.6) is 0 Å². The van der Waals surface area contributed by atoms with Gasteiger partial charge in [0.15, 0.2) is 6.29 Å². The summed E-state index contributed by atoms with van der Waals surface area (Å²) in [5, 5.41) is 0. The second kappa shape index (κ2) is 5.36. The van der Waals surface area contributed by atoms with Gasteiger partial charge in [-0.1, -0.05) is 6.08 Å². The Morgan fingerprint density at radius 2 is 2.14 bits per heavy atom. The van der Waals surface area contributed by atoms with Crippen molar-refractivity contribution >= 4 is 0 Å². The van der Waals surface area contributed by atoms with Crippen LogP contribution >= 0.6 is 0 Å². The van der Waals surface area contributed by atoms with Gasteiger partial charge in [0.2, 0.25) is 0 Å². The normalized spacial score (nSPS) is 24.4. The summed E-state index contributed by atoms with van der Waals surface area (Å²) in [6.45, 7) is 0.581. The maximum atomic E-state index is 11.6. The van der Waals surface area contributed by atoms with Gasteiger partial charge in [-0.15, -0.1) is 0 Å². The lowest BCUT2D eigenvalue weighted by Gasteiger charge is -2.21. The number of hydrogen-bond donors (Lipinski definition) is 0. The molecule has 0 bridgehead atoms. The van der Waals surface area contributed by atoms with Crippen molar-refractivity contribution in [1.82, 2.24) is 0 Å². The van der Waals surface area contributed by atoms with Crippen molar-refractivity contribution in [3.05, 3.63) is 12.2 Å². The molecule has 5 heteroatoms. The van der Waals surface area contributed by atoms with E-state index in [1.54, 1.807) is 0 Å². The molecule has 2 nitrogen and oxygen atoms in total. The third kappa shape index (κ3) is 5.24. The molecule has 0 spiro atoms. The van der Waals surface area contributed by atoms with Crippen molar-refractivity contribution in [2.75, 3.05) is 13.2 Å². The topological polar surface area (TPSA) is 18.5 Å². The summed E-state index contributed by atoms with van der Waals surface area (Å²) in [6, 6.07) is 0. The first-order valence-electron chi connectivity index (χ1n) is 4.55. The van der Waals surface area contributed by atoms with Crippen molar-refractivity contribution in [3.8, 4) is 0 Å². The van der Waals surface area contributed by atoms with Crippen LogP contribution in [0.25, 0.3) is 0 Å². The third-order valence-corrected chi connectivity index (χ3v) is 1.82. The standard InChI is InChI=1S/C9H13F3O2/c10-9(11,12)5-3-7-14-8-4-1-2-6-13-8/h3,5,8H,1-2,4,6-7H2/b5-3+. The Morgan fingerprint density at radius 1 is 1.36 bits per heavy atom. The average molecular weight is 210 g/mol. The molecule has 1 fully saturated rings. The molecular formula is C9H13F3O2. The van der Waals surface area contributed by atoms with Crippen LogP contribution in [-0.4, -0.2) is 25.7 Å². The minimum atomic E-state index is -4.25. The van der Waals surface area contributed by atoms with Crippen LogP contribution in [0, 0.1) is 0 Å². The zero-order chi connectivity index (χ0) is 10.4. The lowest BCUT2D eigenvalue weighted by Crippen LogP contribution is -2.22. The first kappa shape index (κ1) is 11.5. The van der Waals surface area contributed by atoms with E-state index < -0.39 is 6.18 Å². The van der Waals surface area contributed by atoms with Gasteiger partial charge >= 0.3 is 6.18 Å². The van der Waals surface area contributed by atoms with E-state index in [1.807, 2.05) is 0 Å². The average Bonchev–Trinajstić information content (AvgIpc) is 2.13. The molecule has 1 atom stereocenters. The van der Waals surface area contributed by atoms with Crippen LogP contribution in [0.4, 0.5) is 13.2 Å². The minimum Gasteiger partial charge on any atom is -0.353 e. The first-order valence-corrected chi connectivity index (χ1v) is 4.55. The molecule has 1 heterocycles. The monoisotopic (exact) mass is 210 g/mol. The number of allylic oxidation sites excluding steroid dienone is 1. The Labute approximate surface area is 80.7 Å². The van der Waals surface area contributed by atoms with Crippen LogP contribution in [0.15, 0.2) is 12.2 Å². The number of hydrogen-bond acceptors (Lipinski definition) is 2. The molecule has 0 aromatic rings. The first-order chi connectivity index (χ1) is 6.58. The Morgan fingerprint density at radius 3 is 2.71 bits per heavy atom. The highest BCUT2D eigenvalue weighted by molar-refractivity contribution is 4.88. The number of halogens is 3. The van der Waals surface area contributed by atoms with Crippen molar-refractivity contribution in [3.63, 3.8) is 0 Å². The predicted octanol–water partition coefficient (Wildman–Crippen LogP) is 2.65. The molecule has 1 unspecified atom stereocenters. The van der Waals surface area contributed by atoms with Crippen molar-refractivity contribution in [2.24, 2.45) is 0 Å². The molecule has 1 rings (SSSR count). The quantitative estimate of drug-likeness (QED) is 0.667. The van der Waals surface area contributed by atoms with E-state index in [0.29, 0.717) is 6.61 Å². The summed E-state index contributed by atoms with van der Waals surface area (Å²) in [4.78, 5) is 0. The molecule has 0 amide bonds. The van der Waals surface area contributed by atoms with Gasteiger partial charge in [-0.3, -0.25) is 0 Å². The molecule has 0 radical (unpaired) electrons. The van der Waals surface area contributed by atoms with Crippen LogP contribution < -0.4 is 0 Å². The second-order valence-electron chi connectivity index (χ2n) is 3.07. The predicted molar refractivity (Wildman–Crippen MR) is 44.7 cm³/mol. The molecule has 82 valence electrons. The summed E-state index contributed by atoms with van der Waals surface area (Å²) in [6.07, 6.45) is -0.683. The molecule has 1 aliphatic heterocycles. The smallest absolute Gasteiger partial charge is 0.353 e. The highest BCUT2D eigenvalue weighted by Gasteiger charge is 2.21. The van der Waals surface area contributed by atoms with Gasteiger partial charge in [-0.2, -0.15) is 13.2 Å². The van der Waals surface area contributed by atoms with Crippen LogP contribution in [0.1, 0.15) is 19.3 Å². The molecule has 14 heavy (non-hydrogen) atoms. The lowest BCUT2D eigenvalue weighted by molar-refractivity contribution is -0.156. The minimum absolute atomic E-state index is 0.0514. The SMILES string of the molecule is FC(F)(F)/C=C/COC1CCCCO1. The van der Waals surface area contributed by atoms with E-state index in [0.717, 1.165) is 25.3 Å². The van der Waals surface area contributed by atoms with E-state index in [2.05, 4.69) is 0 Å². The van der Waals surface area contributed by atoms with E-state index in [4.69, 9.17) is 9.47 Å². The van der Waals surface area contributed by atoms with Gasteiger partial charge in [-0.05, 0) is 19.3 Å². The third-order valence-electron chi connectivity index (χ3n) is 1.82. The summed E-state index contributed by atoms with van der Waals surface area (Å²) >= 11 is 0. The van der Waals surface area contributed by atoms with Crippen molar-refractivity contribution in [2.45, 2.75) is 31.7 Å². The van der Waals surface area contributed by atoms with Crippen molar-refractivity contribution < 1.29 is 22.6 Å². The zero-order valence-corrected chi connectivity index (χ0v) is 7.72. The molecular weight excluding hydrogens is 197 g/mol. The zero-order valence-electron chi connectivity index (χ0n) is 7.72. The molecule has 0 aromatic carbocycles. The van der Waals surface area contributed by atoms with Gasteiger partial charge < -0.3 is 9.47 Å². The van der Waals surface area contributed by atoms with Crippen LogP contribution in [-0.2, 0) is 9.47 Å². The summed E-state index contributed by atoms with van der Waals surface area (Å²) < 4.78 is 45.2. The molecule has 0 saturated carbocycles. The van der Waals surface area contributed by atoms with E-state index in [1.165, 1.54) is 0 Å². The maximum Gasteiger partial charge on any atom is 0.409 e. The maximum absolute atomic E-state index is 11.6. The molecule has 0 N–H and O–H groups in total. The Hall–Kier alpha value is -0.550. The fourth-order valence-corrected chi connectivity index (χ4v) is 1.19. The highest BCUT2D eigenvalue weighted by Crippen LogP contribution is 2.16. The second-order valence-corrected chi connectivity index (χ2v) is 3.07. The molecule has 0 aliphatic carbocycles. The number of alkyl halides is 3. The summed E-state index contributed by atoms with van der Waals surface area (Å²) in [5.74, 6) is 0. The van der Waals surface area contributed by atoms with Gasteiger partial charge in [0.25, 0.3) is 0 Å². The van der Waals surface area contributed by atoms with Gasteiger partial charge in [0, 0.05) is 12.7 Å². The summed E-state index contributed by atoms with van der Waals surface area (Å²) in [5.41, 5.74) is 0. The van der Waals surface area contributed by atoms with Gasteiger partial charge in [0.1, 0.15) is 0 Å². The van der Waals surface area contributed by atoms with Gasteiger partial charge in [-0.25, -0.2) is 0 Å². The fraction of sp³-hybridized carbons (Fsp3) is 0.778. The van der Waals surface area contributed by atoms with E-state index in [9.17, 15) is 13.2 Å². The summed E-state index contributed by atoms with van der Waals surface area (Å²) in [7, 11) is 0. The van der Waals surface area contributed by atoms with E-state index >= 15 is 0 Å². The van der Waals surface area contributed by atoms with Gasteiger partial charge in [0.05, 0.1) is 6.61 Å². The van der Waals surface area contributed by atoms with E-state index in [-0.39, 0.29) is 19.0 Å². The Kier molecular flexibility index (Phi) is 4.41. The number of ether oxygens (including phenoxy) is 2. The molecule has 1 aliphatic rings. The molecule has 0 aromatic heterocycles. The van der Waals surface area contributed by atoms with Crippen LogP contribution in [0.2, 0.25) is 0 Å². The fourth-order valence-electron chi connectivity index (χ4n) is 1.19. The Bertz CT molecular complexity index is 183. The van der Waals surface area contributed by atoms with Crippen LogP contribution in [0.3, 0.4) is 0 Å². The largest absolute Gasteiger partial charge is 0.409 e. The molecule has 1 saturated heterocycles.